The Labute approximate surface area is 122 Å². The molecule has 0 saturated carbocycles. The first-order chi connectivity index (χ1) is 10.2. The van der Waals surface area contributed by atoms with Crippen molar-refractivity contribution in [1.29, 1.82) is 0 Å². The lowest BCUT2D eigenvalue weighted by Crippen LogP contribution is -2.11. The SMILES string of the molecule is Cc1ccc(NC(=O)c2ccc(-c3ncc[nH]3)cc2)cc1. The second-order valence-corrected chi connectivity index (χ2v) is 4.84. The summed E-state index contributed by atoms with van der Waals surface area (Å²) < 4.78 is 0. The highest BCUT2D eigenvalue weighted by molar-refractivity contribution is 6.04. The Morgan fingerprint density at radius 1 is 1.05 bits per heavy atom. The number of anilines is 1. The number of aryl methyl sites for hydroxylation is 1. The van der Waals surface area contributed by atoms with Gasteiger partial charge < -0.3 is 10.3 Å². The molecule has 0 radical (unpaired) electrons. The molecule has 4 heteroatoms. The topological polar surface area (TPSA) is 57.8 Å². The van der Waals surface area contributed by atoms with Crippen LogP contribution in [-0.4, -0.2) is 15.9 Å². The fraction of sp³-hybridized carbons (Fsp3) is 0.0588. The highest BCUT2D eigenvalue weighted by Crippen LogP contribution is 2.16. The van der Waals surface area contributed by atoms with Crippen LogP contribution in [0.3, 0.4) is 0 Å². The minimum Gasteiger partial charge on any atom is -0.345 e. The molecule has 0 unspecified atom stereocenters. The smallest absolute Gasteiger partial charge is 0.255 e. The highest BCUT2D eigenvalue weighted by Gasteiger charge is 2.07. The highest BCUT2D eigenvalue weighted by atomic mass is 16.1. The summed E-state index contributed by atoms with van der Waals surface area (Å²) in [7, 11) is 0. The molecule has 1 amide bonds. The molecule has 0 saturated heterocycles. The Morgan fingerprint density at radius 3 is 2.38 bits per heavy atom. The van der Waals surface area contributed by atoms with E-state index in [-0.39, 0.29) is 5.91 Å². The molecule has 3 rings (SSSR count). The third kappa shape index (κ3) is 3.00. The van der Waals surface area contributed by atoms with Crippen molar-refractivity contribution in [3.63, 3.8) is 0 Å². The average Bonchev–Trinajstić information content (AvgIpc) is 3.04. The monoisotopic (exact) mass is 277 g/mol. The molecule has 1 aromatic heterocycles. The number of H-pyrrole nitrogens is 1. The number of hydrogen-bond acceptors (Lipinski definition) is 2. The van der Waals surface area contributed by atoms with Gasteiger partial charge >= 0.3 is 0 Å². The van der Waals surface area contributed by atoms with Crippen LogP contribution in [0.4, 0.5) is 5.69 Å². The summed E-state index contributed by atoms with van der Waals surface area (Å²) in [6, 6.07) is 15.1. The molecule has 2 aromatic carbocycles. The number of aromatic amines is 1. The van der Waals surface area contributed by atoms with Crippen LogP contribution in [0.1, 0.15) is 15.9 Å². The van der Waals surface area contributed by atoms with E-state index in [1.807, 2.05) is 43.3 Å². The third-order valence-corrected chi connectivity index (χ3v) is 3.23. The molecule has 4 nitrogen and oxygen atoms in total. The molecule has 1 heterocycles. The molecule has 21 heavy (non-hydrogen) atoms. The van der Waals surface area contributed by atoms with Gasteiger partial charge in [-0.3, -0.25) is 4.79 Å². The van der Waals surface area contributed by atoms with Gasteiger partial charge in [0.2, 0.25) is 0 Å². The second-order valence-electron chi connectivity index (χ2n) is 4.84. The van der Waals surface area contributed by atoms with E-state index in [1.165, 1.54) is 0 Å². The largest absolute Gasteiger partial charge is 0.345 e. The van der Waals surface area contributed by atoms with Crippen molar-refractivity contribution in [1.82, 2.24) is 9.97 Å². The van der Waals surface area contributed by atoms with Gasteiger partial charge in [0.25, 0.3) is 5.91 Å². The number of nitrogens with zero attached hydrogens (tertiary/aromatic N) is 1. The Bertz CT molecular complexity index is 729. The first kappa shape index (κ1) is 13.1. The first-order valence-electron chi connectivity index (χ1n) is 6.70. The molecule has 0 aliphatic heterocycles. The van der Waals surface area contributed by atoms with Crippen LogP contribution in [-0.2, 0) is 0 Å². The standard InChI is InChI=1S/C17H15N3O/c1-12-2-8-15(9-3-12)20-17(21)14-6-4-13(5-7-14)16-18-10-11-19-16/h2-11H,1H3,(H,18,19)(H,20,21). The summed E-state index contributed by atoms with van der Waals surface area (Å²) in [6.07, 6.45) is 3.47. The number of rotatable bonds is 3. The quantitative estimate of drug-likeness (QED) is 0.768. The van der Waals surface area contributed by atoms with Crippen LogP contribution < -0.4 is 5.32 Å². The summed E-state index contributed by atoms with van der Waals surface area (Å²) >= 11 is 0. The van der Waals surface area contributed by atoms with Crippen LogP contribution in [0.2, 0.25) is 0 Å². The molecule has 0 atom stereocenters. The van der Waals surface area contributed by atoms with Crippen LogP contribution in [0.15, 0.2) is 60.9 Å². The molecule has 0 aliphatic carbocycles. The minimum absolute atomic E-state index is 0.121. The van der Waals surface area contributed by atoms with Gasteiger partial charge in [0.05, 0.1) is 0 Å². The van der Waals surface area contributed by atoms with Crippen molar-refractivity contribution in [2.24, 2.45) is 0 Å². The first-order valence-corrected chi connectivity index (χ1v) is 6.70. The lowest BCUT2D eigenvalue weighted by atomic mass is 10.1. The van der Waals surface area contributed by atoms with Crippen molar-refractivity contribution < 1.29 is 4.79 Å². The van der Waals surface area contributed by atoms with Crippen LogP contribution >= 0.6 is 0 Å². The lowest BCUT2D eigenvalue weighted by Gasteiger charge is -2.06. The second kappa shape index (κ2) is 5.63. The molecule has 0 bridgehead atoms. The van der Waals surface area contributed by atoms with Gasteiger partial charge in [0, 0.05) is 29.2 Å². The van der Waals surface area contributed by atoms with Gasteiger partial charge in [-0.05, 0) is 31.2 Å². The van der Waals surface area contributed by atoms with Gasteiger partial charge in [-0.25, -0.2) is 4.98 Å². The van der Waals surface area contributed by atoms with E-state index in [0.717, 1.165) is 22.6 Å². The Balaban J connectivity index is 1.74. The Hall–Kier alpha value is -2.88. The van der Waals surface area contributed by atoms with Crippen molar-refractivity contribution in [3.05, 3.63) is 72.1 Å². The van der Waals surface area contributed by atoms with Gasteiger partial charge in [-0.15, -0.1) is 0 Å². The van der Waals surface area contributed by atoms with Crippen LogP contribution in [0, 0.1) is 6.92 Å². The number of aromatic nitrogens is 2. The summed E-state index contributed by atoms with van der Waals surface area (Å²) in [6.45, 7) is 2.01. The average molecular weight is 277 g/mol. The molecular weight excluding hydrogens is 262 g/mol. The Morgan fingerprint density at radius 2 is 1.76 bits per heavy atom. The number of benzene rings is 2. The number of hydrogen-bond donors (Lipinski definition) is 2. The third-order valence-electron chi connectivity index (χ3n) is 3.23. The number of imidazole rings is 1. The van der Waals surface area contributed by atoms with E-state index in [1.54, 1.807) is 24.5 Å². The van der Waals surface area contributed by atoms with E-state index in [2.05, 4.69) is 15.3 Å². The zero-order valence-corrected chi connectivity index (χ0v) is 11.6. The van der Waals surface area contributed by atoms with E-state index < -0.39 is 0 Å². The zero-order chi connectivity index (χ0) is 14.7. The van der Waals surface area contributed by atoms with Crippen LogP contribution in [0.5, 0.6) is 0 Å². The molecule has 0 aliphatic rings. The number of carbonyl (C=O) groups is 1. The van der Waals surface area contributed by atoms with E-state index >= 15 is 0 Å². The summed E-state index contributed by atoms with van der Waals surface area (Å²) in [5.74, 6) is 0.672. The van der Waals surface area contributed by atoms with E-state index in [4.69, 9.17) is 0 Å². The normalized spacial score (nSPS) is 10.3. The van der Waals surface area contributed by atoms with E-state index in [0.29, 0.717) is 5.56 Å². The fourth-order valence-corrected chi connectivity index (χ4v) is 2.04. The van der Waals surface area contributed by atoms with Gasteiger partial charge in [-0.1, -0.05) is 29.8 Å². The summed E-state index contributed by atoms with van der Waals surface area (Å²) in [5.41, 5.74) is 3.52. The lowest BCUT2D eigenvalue weighted by molar-refractivity contribution is 0.102. The summed E-state index contributed by atoms with van der Waals surface area (Å²) in [4.78, 5) is 19.4. The maximum atomic E-state index is 12.2. The van der Waals surface area contributed by atoms with Gasteiger partial charge in [0.15, 0.2) is 0 Å². The Kier molecular flexibility index (Phi) is 3.51. The van der Waals surface area contributed by atoms with Crippen molar-refractivity contribution in [2.45, 2.75) is 6.92 Å². The summed E-state index contributed by atoms with van der Waals surface area (Å²) in [5, 5.41) is 2.88. The predicted molar refractivity (Wildman–Crippen MR) is 83.2 cm³/mol. The predicted octanol–water partition coefficient (Wildman–Crippen LogP) is 3.64. The molecular formula is C17H15N3O. The number of carbonyl (C=O) groups excluding carboxylic acids is 1. The molecule has 3 aromatic rings. The fourth-order valence-electron chi connectivity index (χ4n) is 2.04. The van der Waals surface area contributed by atoms with Crippen molar-refractivity contribution in [3.8, 4) is 11.4 Å². The molecule has 0 fully saturated rings. The number of amides is 1. The van der Waals surface area contributed by atoms with E-state index in [9.17, 15) is 4.79 Å². The van der Waals surface area contributed by atoms with Crippen molar-refractivity contribution >= 4 is 11.6 Å². The van der Waals surface area contributed by atoms with Crippen molar-refractivity contribution in [2.75, 3.05) is 5.32 Å². The van der Waals surface area contributed by atoms with Gasteiger partial charge in [-0.2, -0.15) is 0 Å². The maximum Gasteiger partial charge on any atom is 0.255 e. The molecule has 2 N–H and O–H groups in total. The zero-order valence-electron chi connectivity index (χ0n) is 11.6. The molecule has 104 valence electrons. The van der Waals surface area contributed by atoms with Crippen LogP contribution in [0.25, 0.3) is 11.4 Å². The maximum absolute atomic E-state index is 12.2. The molecule has 0 spiro atoms. The van der Waals surface area contributed by atoms with Gasteiger partial charge in [0.1, 0.15) is 5.82 Å². The minimum atomic E-state index is -0.121. The number of nitrogens with one attached hydrogen (secondary N) is 2.